The largest absolute Gasteiger partial charge is 0.457 e. The quantitative estimate of drug-likeness (QED) is 0.470. The van der Waals surface area contributed by atoms with Crippen molar-refractivity contribution in [2.75, 3.05) is 12.4 Å². The Hall–Kier alpha value is -3.71. The summed E-state index contributed by atoms with van der Waals surface area (Å²) >= 11 is 0. The Bertz CT molecular complexity index is 1120. The molecule has 0 atom stereocenters. The summed E-state index contributed by atoms with van der Waals surface area (Å²) in [5.41, 5.74) is 3.86. The zero-order chi connectivity index (χ0) is 21.0. The maximum atomic E-state index is 6.08. The van der Waals surface area contributed by atoms with Crippen molar-refractivity contribution in [3.8, 4) is 17.2 Å². The highest BCUT2D eigenvalue weighted by molar-refractivity contribution is 5.65. The maximum Gasteiger partial charge on any atom is 0.143 e. The molecule has 7 nitrogen and oxygen atoms in total. The molecule has 0 radical (unpaired) electrons. The van der Waals surface area contributed by atoms with E-state index in [0.717, 1.165) is 22.8 Å². The molecule has 1 heterocycles. The molecule has 3 aromatic carbocycles. The van der Waals surface area contributed by atoms with Crippen LogP contribution in [-0.4, -0.2) is 27.3 Å². The number of para-hydroxylation sites is 1. The highest BCUT2D eigenvalue weighted by Gasteiger charge is 2.21. The Kier molecular flexibility index (Phi) is 5.45. The Morgan fingerprint density at radius 3 is 2.43 bits per heavy atom. The van der Waals surface area contributed by atoms with Gasteiger partial charge in [0, 0.05) is 29.0 Å². The van der Waals surface area contributed by atoms with Gasteiger partial charge in [-0.1, -0.05) is 30.3 Å². The van der Waals surface area contributed by atoms with E-state index >= 15 is 0 Å². The molecule has 4 aromatic rings. The average Bonchev–Trinajstić information content (AvgIpc) is 3.30. The number of tetrazole rings is 1. The molecule has 0 fully saturated rings. The molecule has 0 amide bonds. The van der Waals surface area contributed by atoms with Crippen molar-refractivity contribution in [2.24, 2.45) is 0 Å². The first kappa shape index (κ1) is 19.6. The van der Waals surface area contributed by atoms with Crippen LogP contribution in [0.4, 0.5) is 11.4 Å². The third kappa shape index (κ3) is 4.31. The second-order valence-corrected chi connectivity index (χ2v) is 7.43. The van der Waals surface area contributed by atoms with Gasteiger partial charge in [-0.2, -0.15) is 0 Å². The second-order valence-electron chi connectivity index (χ2n) is 7.43. The molecular weight excluding hydrogens is 376 g/mol. The number of nitrogens with one attached hydrogen (secondary N) is 2. The second kappa shape index (κ2) is 8.34. The van der Waals surface area contributed by atoms with Gasteiger partial charge in [-0.15, -0.1) is 5.10 Å². The predicted molar refractivity (Wildman–Crippen MR) is 117 cm³/mol. The SMILES string of the molecule is CNC(C)(C)c1ccccc1Nc1cccc(Oc2cccc(-n3cnnn3)c2)c1. The zero-order valence-corrected chi connectivity index (χ0v) is 17.2. The lowest BCUT2D eigenvalue weighted by atomic mass is 9.93. The van der Waals surface area contributed by atoms with Crippen LogP contribution in [0.25, 0.3) is 5.69 Å². The molecule has 0 saturated carbocycles. The number of nitrogens with zero attached hydrogens (tertiary/aromatic N) is 4. The van der Waals surface area contributed by atoms with E-state index < -0.39 is 0 Å². The van der Waals surface area contributed by atoms with Crippen LogP contribution in [-0.2, 0) is 5.54 Å². The van der Waals surface area contributed by atoms with E-state index in [1.165, 1.54) is 5.56 Å². The van der Waals surface area contributed by atoms with Crippen LogP contribution >= 0.6 is 0 Å². The Morgan fingerprint density at radius 2 is 1.67 bits per heavy atom. The Labute approximate surface area is 175 Å². The van der Waals surface area contributed by atoms with E-state index in [4.69, 9.17) is 4.74 Å². The van der Waals surface area contributed by atoms with Gasteiger partial charge in [0.25, 0.3) is 0 Å². The summed E-state index contributed by atoms with van der Waals surface area (Å²) in [5.74, 6) is 1.44. The lowest BCUT2D eigenvalue weighted by Crippen LogP contribution is -2.33. The number of ether oxygens (including phenoxy) is 1. The molecule has 0 unspecified atom stereocenters. The first-order valence-electron chi connectivity index (χ1n) is 9.72. The van der Waals surface area contributed by atoms with Crippen LogP contribution in [0.5, 0.6) is 11.5 Å². The van der Waals surface area contributed by atoms with Gasteiger partial charge in [0.2, 0.25) is 0 Å². The normalized spacial score (nSPS) is 11.3. The smallest absolute Gasteiger partial charge is 0.143 e. The summed E-state index contributed by atoms with van der Waals surface area (Å²) in [6.45, 7) is 4.31. The van der Waals surface area contributed by atoms with Crippen molar-refractivity contribution >= 4 is 11.4 Å². The summed E-state index contributed by atoms with van der Waals surface area (Å²) in [4.78, 5) is 0. The number of hydrogen-bond acceptors (Lipinski definition) is 6. The first-order chi connectivity index (χ1) is 14.5. The lowest BCUT2D eigenvalue weighted by molar-refractivity contribution is 0.446. The van der Waals surface area contributed by atoms with Gasteiger partial charge >= 0.3 is 0 Å². The fourth-order valence-corrected chi connectivity index (χ4v) is 3.17. The van der Waals surface area contributed by atoms with Crippen LogP contribution in [0.15, 0.2) is 79.1 Å². The van der Waals surface area contributed by atoms with E-state index in [9.17, 15) is 0 Å². The number of rotatable bonds is 7. The fourth-order valence-electron chi connectivity index (χ4n) is 3.17. The number of aromatic nitrogens is 4. The number of anilines is 2. The van der Waals surface area contributed by atoms with Crippen LogP contribution in [0.3, 0.4) is 0 Å². The molecular formula is C23H24N6O. The van der Waals surface area contributed by atoms with Crippen LogP contribution in [0, 0.1) is 0 Å². The summed E-state index contributed by atoms with van der Waals surface area (Å²) in [6, 6.07) is 23.8. The van der Waals surface area contributed by atoms with Crippen LogP contribution in [0.1, 0.15) is 19.4 Å². The van der Waals surface area contributed by atoms with Crippen molar-refractivity contribution in [1.82, 2.24) is 25.5 Å². The average molecular weight is 400 g/mol. The van der Waals surface area contributed by atoms with Gasteiger partial charge < -0.3 is 15.4 Å². The summed E-state index contributed by atoms with van der Waals surface area (Å²) in [5, 5.41) is 18.1. The maximum absolute atomic E-state index is 6.08. The van der Waals surface area contributed by atoms with Gasteiger partial charge in [-0.25, -0.2) is 4.68 Å². The monoisotopic (exact) mass is 400 g/mol. The molecule has 0 aliphatic carbocycles. The molecule has 0 aliphatic heterocycles. The van der Waals surface area contributed by atoms with Crippen molar-refractivity contribution in [3.05, 3.63) is 84.7 Å². The predicted octanol–water partition coefficient (Wildman–Crippen LogP) is 4.65. The minimum absolute atomic E-state index is 0.158. The molecule has 0 bridgehead atoms. The molecule has 0 spiro atoms. The highest BCUT2D eigenvalue weighted by atomic mass is 16.5. The summed E-state index contributed by atoms with van der Waals surface area (Å²) < 4.78 is 7.67. The van der Waals surface area contributed by atoms with Gasteiger partial charge in [0.05, 0.1) is 5.69 Å². The number of benzene rings is 3. The van der Waals surface area contributed by atoms with Crippen molar-refractivity contribution in [1.29, 1.82) is 0 Å². The van der Waals surface area contributed by atoms with E-state index in [2.05, 4.69) is 58.2 Å². The van der Waals surface area contributed by atoms with E-state index in [-0.39, 0.29) is 5.54 Å². The zero-order valence-electron chi connectivity index (χ0n) is 17.2. The van der Waals surface area contributed by atoms with Gasteiger partial charge in [0.1, 0.15) is 17.8 Å². The van der Waals surface area contributed by atoms with Gasteiger partial charge in [-0.3, -0.25) is 0 Å². The first-order valence-corrected chi connectivity index (χ1v) is 9.72. The fraction of sp³-hybridized carbons (Fsp3) is 0.174. The Balaban J connectivity index is 1.56. The Morgan fingerprint density at radius 1 is 0.900 bits per heavy atom. The van der Waals surface area contributed by atoms with Crippen molar-refractivity contribution in [2.45, 2.75) is 19.4 Å². The van der Waals surface area contributed by atoms with Crippen molar-refractivity contribution < 1.29 is 4.74 Å². The topological polar surface area (TPSA) is 76.9 Å². The van der Waals surface area contributed by atoms with E-state index in [1.54, 1.807) is 11.0 Å². The summed E-state index contributed by atoms with van der Waals surface area (Å²) in [6.07, 6.45) is 1.55. The molecule has 2 N–H and O–H groups in total. The van der Waals surface area contributed by atoms with Crippen LogP contribution in [0.2, 0.25) is 0 Å². The molecule has 4 rings (SSSR count). The molecule has 0 saturated heterocycles. The van der Waals surface area contributed by atoms with E-state index in [0.29, 0.717) is 5.75 Å². The molecule has 30 heavy (non-hydrogen) atoms. The minimum Gasteiger partial charge on any atom is -0.457 e. The van der Waals surface area contributed by atoms with Crippen LogP contribution < -0.4 is 15.4 Å². The third-order valence-corrected chi connectivity index (χ3v) is 5.01. The molecule has 7 heteroatoms. The third-order valence-electron chi connectivity index (χ3n) is 5.01. The highest BCUT2D eigenvalue weighted by Crippen LogP contribution is 2.31. The molecule has 1 aromatic heterocycles. The number of hydrogen-bond donors (Lipinski definition) is 2. The summed E-state index contributed by atoms with van der Waals surface area (Å²) in [7, 11) is 1.97. The molecule has 152 valence electrons. The van der Waals surface area contributed by atoms with Gasteiger partial charge in [-0.05, 0) is 67.2 Å². The van der Waals surface area contributed by atoms with Crippen molar-refractivity contribution in [3.63, 3.8) is 0 Å². The minimum atomic E-state index is -0.158. The van der Waals surface area contributed by atoms with E-state index in [1.807, 2.05) is 61.6 Å². The molecule has 0 aliphatic rings. The standard InChI is InChI=1S/C23H24N6O/c1-23(2,24-3)21-12-4-5-13-22(21)26-17-8-6-10-19(14-17)30-20-11-7-9-18(15-20)29-16-25-27-28-29/h4-16,24,26H,1-3H3. The lowest BCUT2D eigenvalue weighted by Gasteiger charge is -2.27. The van der Waals surface area contributed by atoms with Gasteiger partial charge in [0.15, 0.2) is 0 Å².